The molecule has 3 rings (SSSR count). The summed E-state index contributed by atoms with van der Waals surface area (Å²) in [5.41, 5.74) is 1.08. The second-order valence-corrected chi connectivity index (χ2v) is 6.35. The van der Waals surface area contributed by atoms with Crippen molar-refractivity contribution in [2.24, 2.45) is 0 Å². The van der Waals surface area contributed by atoms with Crippen molar-refractivity contribution < 1.29 is 18.0 Å². The summed E-state index contributed by atoms with van der Waals surface area (Å²) in [6.45, 7) is 3.38. The molecule has 0 saturated carbocycles. The second-order valence-electron chi connectivity index (χ2n) is 5.94. The molecule has 0 spiro atoms. The first-order chi connectivity index (χ1) is 12.7. The summed E-state index contributed by atoms with van der Waals surface area (Å²) >= 11 is 5.96. The fourth-order valence-electron chi connectivity index (χ4n) is 2.77. The maximum absolute atomic E-state index is 12.9. The van der Waals surface area contributed by atoms with Gasteiger partial charge in [-0.1, -0.05) is 29.8 Å². The van der Waals surface area contributed by atoms with Crippen molar-refractivity contribution >= 4 is 23.2 Å². The van der Waals surface area contributed by atoms with Gasteiger partial charge in [-0.05, 0) is 44.2 Å². The number of rotatable bonds is 3. The maximum Gasteiger partial charge on any atom is 0.416 e. The fourth-order valence-corrected chi connectivity index (χ4v) is 2.94. The summed E-state index contributed by atoms with van der Waals surface area (Å²) in [6.07, 6.45) is -4.53. The van der Waals surface area contributed by atoms with E-state index in [1.165, 1.54) is 0 Å². The highest BCUT2D eigenvalue weighted by Crippen LogP contribution is 2.34. The van der Waals surface area contributed by atoms with Gasteiger partial charge in [0.05, 0.1) is 38.9 Å². The first-order valence-electron chi connectivity index (χ1n) is 7.98. The van der Waals surface area contributed by atoms with Gasteiger partial charge in [-0.2, -0.15) is 18.3 Å². The SMILES string of the molecule is Cc1nn(-c2ccccc2)c(C)c1C(=O)Nc1cc(C(F)(F)F)ccc1Cl. The third-order valence-corrected chi connectivity index (χ3v) is 4.39. The average Bonchev–Trinajstić information content (AvgIpc) is 2.91. The molecule has 27 heavy (non-hydrogen) atoms. The number of anilines is 1. The molecule has 0 atom stereocenters. The molecule has 140 valence electrons. The van der Waals surface area contributed by atoms with E-state index in [0.29, 0.717) is 11.4 Å². The minimum Gasteiger partial charge on any atom is -0.321 e. The van der Waals surface area contributed by atoms with E-state index < -0.39 is 17.6 Å². The van der Waals surface area contributed by atoms with E-state index in [1.54, 1.807) is 18.5 Å². The van der Waals surface area contributed by atoms with Crippen LogP contribution in [0.1, 0.15) is 27.3 Å². The molecule has 1 N–H and O–H groups in total. The standard InChI is InChI=1S/C19H15ClF3N3O/c1-11-17(12(2)26(25-11)14-6-4-3-5-7-14)18(27)24-16-10-13(19(21,22)23)8-9-15(16)20/h3-10H,1-2H3,(H,24,27). The number of hydrogen-bond donors (Lipinski definition) is 1. The molecular weight excluding hydrogens is 379 g/mol. The highest BCUT2D eigenvalue weighted by molar-refractivity contribution is 6.34. The van der Waals surface area contributed by atoms with Gasteiger partial charge in [-0.25, -0.2) is 4.68 Å². The van der Waals surface area contributed by atoms with Gasteiger partial charge in [0.2, 0.25) is 0 Å². The van der Waals surface area contributed by atoms with E-state index >= 15 is 0 Å². The highest BCUT2D eigenvalue weighted by atomic mass is 35.5. The Morgan fingerprint density at radius 3 is 2.41 bits per heavy atom. The summed E-state index contributed by atoms with van der Waals surface area (Å²) in [6, 6.07) is 12.0. The number of halogens is 4. The number of para-hydroxylation sites is 1. The Labute approximate surface area is 158 Å². The molecule has 0 aliphatic rings. The van der Waals surface area contributed by atoms with Crippen molar-refractivity contribution in [1.82, 2.24) is 9.78 Å². The van der Waals surface area contributed by atoms with E-state index in [0.717, 1.165) is 23.9 Å². The van der Waals surface area contributed by atoms with Crippen LogP contribution in [0.3, 0.4) is 0 Å². The molecule has 3 aromatic rings. The normalized spacial score (nSPS) is 11.5. The lowest BCUT2D eigenvalue weighted by atomic mass is 10.1. The van der Waals surface area contributed by atoms with Crippen LogP contribution in [0.25, 0.3) is 5.69 Å². The predicted molar refractivity (Wildman–Crippen MR) is 97.4 cm³/mol. The zero-order valence-electron chi connectivity index (χ0n) is 14.4. The molecule has 0 unspecified atom stereocenters. The van der Waals surface area contributed by atoms with E-state index in [9.17, 15) is 18.0 Å². The Morgan fingerprint density at radius 2 is 1.78 bits per heavy atom. The number of benzene rings is 2. The molecule has 1 heterocycles. The number of aryl methyl sites for hydroxylation is 1. The lowest BCUT2D eigenvalue weighted by Gasteiger charge is -2.12. The monoisotopic (exact) mass is 393 g/mol. The van der Waals surface area contributed by atoms with Gasteiger partial charge in [0.25, 0.3) is 5.91 Å². The topological polar surface area (TPSA) is 46.9 Å². The Morgan fingerprint density at radius 1 is 1.11 bits per heavy atom. The summed E-state index contributed by atoms with van der Waals surface area (Å²) in [4.78, 5) is 12.7. The second kappa shape index (κ2) is 7.08. The Kier molecular flexibility index (Phi) is 4.97. The van der Waals surface area contributed by atoms with Crippen LogP contribution in [0.5, 0.6) is 0 Å². The molecule has 0 bridgehead atoms. The molecule has 1 aromatic heterocycles. The van der Waals surface area contributed by atoms with Crippen molar-refractivity contribution in [3.8, 4) is 5.69 Å². The molecule has 1 amide bonds. The third kappa shape index (κ3) is 3.83. The van der Waals surface area contributed by atoms with Gasteiger partial charge in [-0.3, -0.25) is 4.79 Å². The molecule has 0 fully saturated rings. The Balaban J connectivity index is 1.95. The van der Waals surface area contributed by atoms with E-state index in [-0.39, 0.29) is 16.3 Å². The first kappa shape index (κ1) is 19.0. The smallest absolute Gasteiger partial charge is 0.321 e. The van der Waals surface area contributed by atoms with E-state index in [1.807, 2.05) is 30.3 Å². The largest absolute Gasteiger partial charge is 0.416 e. The number of hydrogen-bond acceptors (Lipinski definition) is 2. The van der Waals surface area contributed by atoms with Gasteiger partial charge in [0.1, 0.15) is 0 Å². The van der Waals surface area contributed by atoms with Crippen molar-refractivity contribution in [2.45, 2.75) is 20.0 Å². The van der Waals surface area contributed by atoms with Gasteiger partial charge < -0.3 is 5.32 Å². The molecule has 0 aliphatic heterocycles. The van der Waals surface area contributed by atoms with Crippen molar-refractivity contribution in [3.05, 3.63) is 76.1 Å². The molecule has 2 aromatic carbocycles. The number of alkyl halides is 3. The molecular formula is C19H15ClF3N3O. The minimum absolute atomic E-state index is 0.0158. The van der Waals surface area contributed by atoms with Crippen LogP contribution in [0.4, 0.5) is 18.9 Å². The Bertz CT molecular complexity index is 997. The number of carbonyl (C=O) groups excluding carboxylic acids is 1. The van der Waals surface area contributed by atoms with Crippen molar-refractivity contribution in [2.75, 3.05) is 5.32 Å². The summed E-state index contributed by atoms with van der Waals surface area (Å²) in [5, 5.41) is 6.84. The molecule has 0 radical (unpaired) electrons. The number of amides is 1. The number of nitrogens with one attached hydrogen (secondary N) is 1. The summed E-state index contributed by atoms with van der Waals surface area (Å²) in [5.74, 6) is -0.576. The van der Waals surface area contributed by atoms with Crippen molar-refractivity contribution in [3.63, 3.8) is 0 Å². The minimum atomic E-state index is -4.53. The van der Waals surface area contributed by atoms with Crippen LogP contribution in [0, 0.1) is 13.8 Å². The van der Waals surface area contributed by atoms with E-state index in [4.69, 9.17) is 11.6 Å². The van der Waals surface area contributed by atoms with Gasteiger partial charge in [0, 0.05) is 0 Å². The van der Waals surface area contributed by atoms with Crippen LogP contribution in [0.15, 0.2) is 48.5 Å². The fraction of sp³-hybridized carbons (Fsp3) is 0.158. The zero-order chi connectivity index (χ0) is 19.8. The third-order valence-electron chi connectivity index (χ3n) is 4.06. The number of aromatic nitrogens is 2. The molecule has 0 aliphatic carbocycles. The predicted octanol–water partition coefficient (Wildman–Crippen LogP) is 5.41. The maximum atomic E-state index is 12.9. The van der Waals surface area contributed by atoms with Gasteiger partial charge >= 0.3 is 6.18 Å². The van der Waals surface area contributed by atoms with E-state index in [2.05, 4.69) is 10.4 Å². The lowest BCUT2D eigenvalue weighted by molar-refractivity contribution is -0.137. The van der Waals surface area contributed by atoms with Crippen LogP contribution < -0.4 is 5.32 Å². The van der Waals surface area contributed by atoms with Crippen LogP contribution in [-0.2, 0) is 6.18 Å². The van der Waals surface area contributed by atoms with Crippen LogP contribution in [0.2, 0.25) is 5.02 Å². The summed E-state index contributed by atoms with van der Waals surface area (Å²) < 4.78 is 40.3. The molecule has 0 saturated heterocycles. The highest BCUT2D eigenvalue weighted by Gasteiger charge is 2.31. The lowest BCUT2D eigenvalue weighted by Crippen LogP contribution is -2.15. The average molecular weight is 394 g/mol. The van der Waals surface area contributed by atoms with Gasteiger partial charge in [0.15, 0.2) is 0 Å². The quantitative estimate of drug-likeness (QED) is 0.646. The zero-order valence-corrected chi connectivity index (χ0v) is 15.2. The molecule has 8 heteroatoms. The number of carbonyl (C=O) groups is 1. The molecule has 4 nitrogen and oxygen atoms in total. The van der Waals surface area contributed by atoms with Gasteiger partial charge in [-0.15, -0.1) is 0 Å². The summed E-state index contributed by atoms with van der Waals surface area (Å²) in [7, 11) is 0. The van der Waals surface area contributed by atoms with Crippen LogP contribution >= 0.6 is 11.6 Å². The van der Waals surface area contributed by atoms with Crippen molar-refractivity contribution in [1.29, 1.82) is 0 Å². The van der Waals surface area contributed by atoms with Crippen LogP contribution in [-0.4, -0.2) is 15.7 Å². The number of nitrogens with zero attached hydrogens (tertiary/aromatic N) is 2. The first-order valence-corrected chi connectivity index (χ1v) is 8.36. The Hall–Kier alpha value is -2.80.